The molecule has 0 fully saturated rings. The van der Waals surface area contributed by atoms with Crippen molar-refractivity contribution in [1.29, 1.82) is 0 Å². The summed E-state index contributed by atoms with van der Waals surface area (Å²) >= 11 is 0. The molecule has 5 nitrogen and oxygen atoms in total. The number of nitrogens with one attached hydrogen (secondary N) is 1. The summed E-state index contributed by atoms with van der Waals surface area (Å²) in [5.41, 5.74) is -3.23. The number of hydrogen-bond donors (Lipinski definition) is 2. The molecular weight excluding hydrogens is 344 g/mol. The summed E-state index contributed by atoms with van der Waals surface area (Å²) in [6, 6.07) is 15.1. The Balaban J connectivity index is 1.99. The van der Waals surface area contributed by atoms with E-state index >= 15 is 0 Å². The number of ether oxygens (including phenoxy) is 1. The van der Waals surface area contributed by atoms with Gasteiger partial charge in [-0.2, -0.15) is 8.78 Å². The third kappa shape index (κ3) is 2.71. The minimum Gasteiger partial charge on any atom is -0.505 e. The Morgan fingerprint density at radius 3 is 2.15 bits per heavy atom. The average Bonchev–Trinajstić information content (AvgIpc) is 2.65. The van der Waals surface area contributed by atoms with E-state index in [-0.39, 0.29) is 11.1 Å². The maximum atomic E-state index is 14.9. The summed E-state index contributed by atoms with van der Waals surface area (Å²) in [5.74, 6) is -7.54. The van der Waals surface area contributed by atoms with Crippen LogP contribution in [-0.2, 0) is 15.1 Å². The van der Waals surface area contributed by atoms with Crippen LogP contribution in [0.4, 0.5) is 8.78 Å². The Labute approximate surface area is 147 Å². The quantitative estimate of drug-likeness (QED) is 0.825. The van der Waals surface area contributed by atoms with E-state index in [9.17, 15) is 23.5 Å². The SMILES string of the molecule is CC1(c2ccccc2)OC(=O)C(NC(=O)c2ccccc2)=C(O)C1(F)F. The number of carbonyl (C=O) groups excluding carboxylic acids is 2. The number of esters is 1. The Bertz CT molecular complexity index is 881. The van der Waals surface area contributed by atoms with Gasteiger partial charge < -0.3 is 15.2 Å². The van der Waals surface area contributed by atoms with Crippen molar-refractivity contribution < 1.29 is 28.2 Å². The highest BCUT2D eigenvalue weighted by molar-refractivity contribution is 6.02. The van der Waals surface area contributed by atoms with Gasteiger partial charge in [0.25, 0.3) is 5.91 Å². The number of amides is 1. The number of aliphatic hydroxyl groups excluding tert-OH is 1. The Morgan fingerprint density at radius 2 is 1.58 bits per heavy atom. The smallest absolute Gasteiger partial charge is 0.359 e. The molecule has 3 rings (SSSR count). The fourth-order valence-electron chi connectivity index (χ4n) is 2.66. The number of cyclic esters (lactones) is 1. The predicted octanol–water partition coefficient (Wildman–Crippen LogP) is 3.29. The number of benzene rings is 2. The molecule has 0 saturated heterocycles. The molecule has 2 N–H and O–H groups in total. The molecule has 0 bridgehead atoms. The maximum absolute atomic E-state index is 14.9. The van der Waals surface area contributed by atoms with Gasteiger partial charge in [-0.15, -0.1) is 0 Å². The number of alkyl halides is 2. The van der Waals surface area contributed by atoms with E-state index in [1.165, 1.54) is 36.4 Å². The lowest BCUT2D eigenvalue weighted by molar-refractivity contribution is -0.214. The minimum atomic E-state index is -3.94. The Kier molecular flexibility index (Phi) is 4.23. The second-order valence-corrected chi connectivity index (χ2v) is 5.91. The molecule has 1 atom stereocenters. The van der Waals surface area contributed by atoms with E-state index in [1.807, 2.05) is 5.32 Å². The lowest BCUT2D eigenvalue weighted by Gasteiger charge is -2.40. The zero-order chi connectivity index (χ0) is 18.9. The van der Waals surface area contributed by atoms with Gasteiger partial charge in [0.1, 0.15) is 0 Å². The van der Waals surface area contributed by atoms with E-state index in [4.69, 9.17) is 4.74 Å². The van der Waals surface area contributed by atoms with Crippen molar-refractivity contribution in [2.24, 2.45) is 0 Å². The van der Waals surface area contributed by atoms with Crippen LogP contribution in [0.15, 0.2) is 72.1 Å². The monoisotopic (exact) mass is 359 g/mol. The number of hydrogen-bond acceptors (Lipinski definition) is 4. The van der Waals surface area contributed by atoms with Crippen molar-refractivity contribution in [3.63, 3.8) is 0 Å². The highest BCUT2D eigenvalue weighted by Gasteiger charge is 2.62. The first kappa shape index (κ1) is 17.6. The zero-order valence-corrected chi connectivity index (χ0v) is 13.7. The average molecular weight is 359 g/mol. The third-order valence-corrected chi connectivity index (χ3v) is 4.23. The zero-order valence-electron chi connectivity index (χ0n) is 13.7. The van der Waals surface area contributed by atoms with Gasteiger partial charge in [0.2, 0.25) is 5.60 Å². The third-order valence-electron chi connectivity index (χ3n) is 4.23. The molecular formula is C19H15F2NO4. The minimum absolute atomic E-state index is 0.0123. The second kappa shape index (κ2) is 6.25. The second-order valence-electron chi connectivity index (χ2n) is 5.91. The van der Waals surface area contributed by atoms with Crippen molar-refractivity contribution >= 4 is 11.9 Å². The first-order valence-corrected chi connectivity index (χ1v) is 7.74. The molecule has 134 valence electrons. The van der Waals surface area contributed by atoms with Crippen LogP contribution in [0, 0.1) is 0 Å². The normalized spacial score (nSPS) is 21.9. The Morgan fingerprint density at radius 1 is 1.04 bits per heavy atom. The molecule has 2 aromatic carbocycles. The van der Waals surface area contributed by atoms with Crippen LogP contribution in [0.25, 0.3) is 0 Å². The topological polar surface area (TPSA) is 75.6 Å². The lowest BCUT2D eigenvalue weighted by atomic mass is 9.85. The summed E-state index contributed by atoms with van der Waals surface area (Å²) in [7, 11) is 0. The van der Waals surface area contributed by atoms with E-state index in [0.29, 0.717) is 0 Å². The van der Waals surface area contributed by atoms with Crippen molar-refractivity contribution in [2.45, 2.75) is 18.4 Å². The van der Waals surface area contributed by atoms with E-state index < -0.39 is 34.9 Å². The fraction of sp³-hybridized carbons (Fsp3) is 0.158. The molecule has 1 unspecified atom stereocenters. The van der Waals surface area contributed by atoms with Gasteiger partial charge in [-0.05, 0) is 19.1 Å². The molecule has 2 aromatic rings. The van der Waals surface area contributed by atoms with Crippen LogP contribution in [0.3, 0.4) is 0 Å². The molecule has 0 spiro atoms. The molecule has 1 amide bonds. The van der Waals surface area contributed by atoms with Crippen LogP contribution < -0.4 is 5.32 Å². The molecule has 1 aliphatic heterocycles. The first-order chi connectivity index (χ1) is 12.3. The van der Waals surface area contributed by atoms with E-state index in [1.54, 1.807) is 24.3 Å². The van der Waals surface area contributed by atoms with Crippen molar-refractivity contribution in [2.75, 3.05) is 0 Å². The molecule has 7 heteroatoms. The molecule has 1 aliphatic rings. The van der Waals surface area contributed by atoms with Gasteiger partial charge in [0.05, 0.1) is 0 Å². The summed E-state index contributed by atoms with van der Waals surface area (Å²) < 4.78 is 34.7. The maximum Gasteiger partial charge on any atom is 0.359 e. The van der Waals surface area contributed by atoms with E-state index in [0.717, 1.165) is 6.92 Å². The van der Waals surface area contributed by atoms with Crippen molar-refractivity contribution in [1.82, 2.24) is 5.32 Å². The van der Waals surface area contributed by atoms with Crippen LogP contribution in [0.2, 0.25) is 0 Å². The van der Waals surface area contributed by atoms with Crippen molar-refractivity contribution in [3.8, 4) is 0 Å². The highest BCUT2D eigenvalue weighted by Crippen LogP contribution is 2.48. The summed E-state index contributed by atoms with van der Waals surface area (Å²) in [4.78, 5) is 24.4. The molecule has 0 saturated carbocycles. The van der Waals surface area contributed by atoms with Gasteiger partial charge in [0, 0.05) is 11.1 Å². The van der Waals surface area contributed by atoms with Crippen LogP contribution in [0.5, 0.6) is 0 Å². The molecule has 26 heavy (non-hydrogen) atoms. The Hall–Kier alpha value is -3.22. The summed E-state index contributed by atoms with van der Waals surface area (Å²) in [5, 5.41) is 12.1. The fourth-order valence-corrected chi connectivity index (χ4v) is 2.66. The summed E-state index contributed by atoms with van der Waals surface area (Å²) in [6.45, 7) is 1.01. The number of carbonyl (C=O) groups is 2. The number of aliphatic hydroxyl groups is 1. The van der Waals surface area contributed by atoms with Gasteiger partial charge in [-0.3, -0.25) is 4.79 Å². The van der Waals surface area contributed by atoms with Crippen LogP contribution >= 0.6 is 0 Å². The largest absolute Gasteiger partial charge is 0.505 e. The van der Waals surface area contributed by atoms with Gasteiger partial charge in [0.15, 0.2) is 11.5 Å². The van der Waals surface area contributed by atoms with Gasteiger partial charge in [-0.25, -0.2) is 4.79 Å². The highest BCUT2D eigenvalue weighted by atomic mass is 19.3. The number of rotatable bonds is 3. The summed E-state index contributed by atoms with van der Waals surface area (Å²) in [6.07, 6.45) is 0. The lowest BCUT2D eigenvalue weighted by Crippen LogP contribution is -2.54. The van der Waals surface area contributed by atoms with Crippen molar-refractivity contribution in [3.05, 3.63) is 83.2 Å². The number of halogens is 2. The molecule has 1 heterocycles. The first-order valence-electron chi connectivity index (χ1n) is 7.74. The molecule has 0 radical (unpaired) electrons. The van der Waals surface area contributed by atoms with Gasteiger partial charge >= 0.3 is 11.9 Å². The predicted molar refractivity (Wildman–Crippen MR) is 88.4 cm³/mol. The molecule has 0 aliphatic carbocycles. The standard InChI is InChI=1S/C19H15F2NO4/c1-18(13-10-6-3-7-11-13)19(20,21)15(23)14(17(25)26-18)22-16(24)12-8-4-2-5-9-12/h2-11,23H,1H3,(H,22,24). The van der Waals surface area contributed by atoms with Crippen LogP contribution in [-0.4, -0.2) is 22.9 Å². The van der Waals surface area contributed by atoms with Crippen LogP contribution in [0.1, 0.15) is 22.8 Å². The van der Waals surface area contributed by atoms with Gasteiger partial charge in [-0.1, -0.05) is 48.5 Å². The van der Waals surface area contributed by atoms with E-state index in [2.05, 4.69) is 0 Å². The molecule has 0 aromatic heterocycles.